The van der Waals surface area contributed by atoms with Gasteiger partial charge in [-0.2, -0.15) is 4.79 Å². The fourth-order valence-corrected chi connectivity index (χ4v) is 8.47. The molecule has 35 nitrogen and oxygen atoms in total. The zero-order valence-electron chi connectivity index (χ0n) is 48.0. The Morgan fingerprint density at radius 2 is 0.919 bits per heavy atom. The minimum atomic E-state index is -1.85. The number of carbonyl (C=O) groups excluding carboxylic acids is 7. The van der Waals surface area contributed by atoms with Crippen molar-refractivity contribution in [3.63, 3.8) is 0 Å². The number of methoxy groups -OCH3 is 2. The summed E-state index contributed by atoms with van der Waals surface area (Å²) in [6.07, 6.45) is -2.56. The SMILES string of the molecule is COc1cc(C(C)C2CC(=O)N(OC(=O)ON3C(=O)CC(C(C)c4cc(OC)c(OCCCC(=O)NCCOCCOCCOCCN=[N+]=[N-])cc4[N+](=O)[O-])C3=O)C2=O)c([N+](=O)[O-])cc1OCCCC(=O)NCCOCCOCCOCCN=[N+]=[N-]. The Labute approximate surface area is 491 Å². The average Bonchev–Trinajstić information content (AvgIpc) is 1.80. The molecule has 472 valence electrons. The Hall–Kier alpha value is -8.69. The maximum absolute atomic E-state index is 13.7. The number of hydrogen-bond donors (Lipinski definition) is 2. The number of rotatable bonds is 44. The molecule has 2 aliphatic rings. The van der Waals surface area contributed by atoms with Crippen molar-refractivity contribution in [3.05, 3.63) is 76.5 Å². The smallest absolute Gasteiger partial charge is 0.493 e. The standard InChI is InChI=1S/C51H70N12O23/c1-33(35-27-41(75-3)43(31-39(35)62(71)72)83-13-5-7-45(64)54-9-15-77-19-23-81-25-21-79-17-11-56-58-52)37-29-47(66)60(49(37)68)85-51(70)86-61-48(67)30-38(50(61)69)34(2)36-28-42(76-4)44(32-40(36)63(73)74)84-14-6-8-46(65)55-10-16-78-20-24-82-26-22-80-18-12-57-59-53/h27-28,31-34,37-38H,5-26,29-30H2,1-4H3,(H,54,64)(H,55,65). The van der Waals surface area contributed by atoms with Crippen LogP contribution < -0.4 is 29.6 Å². The maximum atomic E-state index is 13.7. The summed E-state index contributed by atoms with van der Waals surface area (Å²) in [6, 6.07) is 4.66. The van der Waals surface area contributed by atoms with Crippen LogP contribution in [0, 0.1) is 32.1 Å². The van der Waals surface area contributed by atoms with Crippen LogP contribution in [-0.4, -0.2) is 194 Å². The molecule has 2 fully saturated rings. The highest BCUT2D eigenvalue weighted by Gasteiger charge is 2.49. The molecule has 2 heterocycles. The van der Waals surface area contributed by atoms with Gasteiger partial charge in [0.2, 0.25) is 11.8 Å². The van der Waals surface area contributed by atoms with Gasteiger partial charge in [-0.3, -0.25) is 58.7 Å². The van der Waals surface area contributed by atoms with Gasteiger partial charge in [-0.05, 0) is 36.0 Å². The number of azide groups is 2. The van der Waals surface area contributed by atoms with Gasteiger partial charge in [0.1, 0.15) is 0 Å². The van der Waals surface area contributed by atoms with Gasteiger partial charge >= 0.3 is 6.16 Å². The Bertz CT molecular complexity index is 2570. The fourth-order valence-electron chi connectivity index (χ4n) is 8.47. The molecule has 6 amide bonds. The molecule has 4 rings (SSSR count). The number of ether oxygens (including phenoxy) is 10. The predicted molar refractivity (Wildman–Crippen MR) is 292 cm³/mol. The van der Waals surface area contributed by atoms with Crippen LogP contribution in [0.5, 0.6) is 23.0 Å². The summed E-state index contributed by atoms with van der Waals surface area (Å²) in [7, 11) is 2.54. The lowest BCUT2D eigenvalue weighted by molar-refractivity contribution is -0.386. The zero-order chi connectivity index (χ0) is 62.8. The first-order chi connectivity index (χ1) is 41.5. The van der Waals surface area contributed by atoms with Crippen LogP contribution in [-0.2, 0) is 66.9 Å². The molecule has 2 aromatic rings. The highest BCUT2D eigenvalue weighted by Crippen LogP contribution is 2.45. The number of nitrogens with zero attached hydrogens (tertiary/aromatic N) is 10. The second-order valence-corrected chi connectivity index (χ2v) is 18.5. The number of benzene rings is 2. The van der Waals surface area contributed by atoms with Gasteiger partial charge in [0.25, 0.3) is 35.0 Å². The first-order valence-corrected chi connectivity index (χ1v) is 27.1. The molecule has 86 heavy (non-hydrogen) atoms. The van der Waals surface area contributed by atoms with Crippen molar-refractivity contribution in [3.8, 4) is 23.0 Å². The highest BCUT2D eigenvalue weighted by atomic mass is 16.9. The maximum Gasteiger partial charge on any atom is 0.560 e. The van der Waals surface area contributed by atoms with Crippen LogP contribution in [0.15, 0.2) is 34.5 Å². The molecule has 4 atom stereocenters. The van der Waals surface area contributed by atoms with E-state index in [1.54, 1.807) is 0 Å². The van der Waals surface area contributed by atoms with Crippen molar-refractivity contribution >= 4 is 53.0 Å². The summed E-state index contributed by atoms with van der Waals surface area (Å²) in [5, 5.41) is 37.0. The van der Waals surface area contributed by atoms with Crippen LogP contribution in [0.3, 0.4) is 0 Å². The molecular weight excluding hydrogens is 1150 g/mol. The number of carbonyl (C=O) groups is 7. The number of hydrogen-bond acceptors (Lipinski definition) is 25. The van der Waals surface area contributed by atoms with Crippen molar-refractivity contribution in [2.45, 2.75) is 64.2 Å². The van der Waals surface area contributed by atoms with E-state index in [1.807, 2.05) is 0 Å². The minimum Gasteiger partial charge on any atom is -0.493 e. The molecule has 0 radical (unpaired) electrons. The van der Waals surface area contributed by atoms with E-state index in [0.717, 1.165) is 12.1 Å². The fraction of sp³-hybridized carbons (Fsp3) is 0.627. The van der Waals surface area contributed by atoms with Gasteiger partial charge in [0.15, 0.2) is 23.0 Å². The van der Waals surface area contributed by atoms with Crippen LogP contribution in [0.1, 0.15) is 75.3 Å². The molecule has 0 bridgehead atoms. The quantitative estimate of drug-likeness (QED) is 0.0176. The number of nitro groups is 2. The molecule has 2 saturated heterocycles. The average molecular weight is 1220 g/mol. The van der Waals surface area contributed by atoms with Crippen molar-refractivity contribution in [2.75, 3.05) is 133 Å². The minimum absolute atomic E-state index is 0.0210. The van der Waals surface area contributed by atoms with Gasteiger partial charge < -0.3 is 58.0 Å². The summed E-state index contributed by atoms with van der Waals surface area (Å²) < 4.78 is 54.4. The summed E-state index contributed by atoms with van der Waals surface area (Å²) in [6.45, 7) is 7.19. The van der Waals surface area contributed by atoms with E-state index in [1.165, 1.54) is 40.2 Å². The monoisotopic (exact) mass is 1220 g/mol. The third-order valence-electron chi connectivity index (χ3n) is 12.9. The normalized spacial score (nSPS) is 15.3. The molecular formula is C51H70N12O23. The van der Waals surface area contributed by atoms with Crippen LogP contribution in [0.4, 0.5) is 16.2 Å². The van der Waals surface area contributed by atoms with Gasteiger partial charge in [-0.15, -0.1) is 0 Å². The Morgan fingerprint density at radius 3 is 1.26 bits per heavy atom. The van der Waals surface area contributed by atoms with E-state index in [4.69, 9.17) is 68.1 Å². The Kier molecular flexibility index (Phi) is 31.1. The number of imide groups is 2. The second-order valence-electron chi connectivity index (χ2n) is 18.5. The Balaban J connectivity index is 1.23. The molecule has 2 aromatic carbocycles. The van der Waals surface area contributed by atoms with E-state index in [9.17, 15) is 53.8 Å². The van der Waals surface area contributed by atoms with Crippen molar-refractivity contribution < 1.29 is 100 Å². The van der Waals surface area contributed by atoms with Crippen LogP contribution in [0.2, 0.25) is 0 Å². The van der Waals surface area contributed by atoms with E-state index in [-0.39, 0.29) is 161 Å². The van der Waals surface area contributed by atoms with E-state index >= 15 is 0 Å². The van der Waals surface area contributed by atoms with Crippen molar-refractivity contribution in [1.82, 2.24) is 20.8 Å². The van der Waals surface area contributed by atoms with Crippen LogP contribution >= 0.6 is 0 Å². The zero-order valence-corrected chi connectivity index (χ0v) is 48.0. The summed E-state index contributed by atoms with van der Waals surface area (Å²) in [5.41, 5.74) is 15.3. The molecule has 0 aliphatic carbocycles. The van der Waals surface area contributed by atoms with Gasteiger partial charge in [0, 0.05) is 84.6 Å². The summed E-state index contributed by atoms with van der Waals surface area (Å²) in [5.74, 6) is -9.91. The lowest BCUT2D eigenvalue weighted by Gasteiger charge is -2.21. The first-order valence-electron chi connectivity index (χ1n) is 27.1. The van der Waals surface area contributed by atoms with Gasteiger partial charge in [-0.1, -0.05) is 34.2 Å². The van der Waals surface area contributed by atoms with Crippen molar-refractivity contribution in [1.29, 1.82) is 0 Å². The Morgan fingerprint density at radius 1 is 0.570 bits per heavy atom. The summed E-state index contributed by atoms with van der Waals surface area (Å²) >= 11 is 0. The van der Waals surface area contributed by atoms with Crippen LogP contribution in [0.25, 0.3) is 20.9 Å². The lowest BCUT2D eigenvalue weighted by Crippen LogP contribution is -2.39. The number of nitro benzene ring substituents is 2. The number of hydroxylamine groups is 4. The van der Waals surface area contributed by atoms with E-state index in [2.05, 4.69) is 30.7 Å². The number of nitrogens with one attached hydrogen (secondary N) is 2. The van der Waals surface area contributed by atoms with Gasteiger partial charge in [-0.25, -0.2) is 0 Å². The predicted octanol–water partition coefficient (Wildman–Crippen LogP) is 4.43. The topological polar surface area (TPSA) is 445 Å². The van der Waals surface area contributed by atoms with Crippen molar-refractivity contribution in [2.24, 2.45) is 22.1 Å². The third-order valence-corrected chi connectivity index (χ3v) is 12.9. The molecule has 2 aliphatic heterocycles. The highest BCUT2D eigenvalue weighted by molar-refractivity contribution is 6.05. The summed E-state index contributed by atoms with van der Waals surface area (Å²) in [4.78, 5) is 130. The molecule has 0 aromatic heterocycles. The third kappa shape index (κ3) is 22.7. The molecule has 4 unspecified atom stereocenters. The van der Waals surface area contributed by atoms with E-state index in [0.29, 0.717) is 39.6 Å². The largest absolute Gasteiger partial charge is 0.560 e. The molecule has 0 saturated carbocycles. The van der Waals surface area contributed by atoms with E-state index < -0.39 is 87.5 Å². The van der Waals surface area contributed by atoms with Gasteiger partial charge in [0.05, 0.1) is 141 Å². The molecule has 0 spiro atoms. The molecule has 35 heteroatoms. The number of amides is 6. The first kappa shape index (κ1) is 69.8. The molecule has 2 N–H and O–H groups in total. The second kappa shape index (κ2) is 38.3. The lowest BCUT2D eigenvalue weighted by atomic mass is 9.85.